The molecule has 1 saturated carbocycles. The number of amides is 5. The van der Waals surface area contributed by atoms with E-state index in [1.165, 1.54) is 0 Å². The SMILES string of the molecule is N#Cc1ccc(OC2CCC3(CC2)CN(c2ccc(C(=O)N4CCN(CC5CCN(c6ccc7c(c6)C(=O)N(C6CCC(=O)NC6=O)C7=O)CC5)CC4)cc2)C3)cc1Cl. The van der Waals surface area contributed by atoms with Crippen LogP contribution in [0.2, 0.25) is 5.02 Å². The minimum atomic E-state index is -0.973. The lowest BCUT2D eigenvalue weighted by Gasteiger charge is -2.54. The van der Waals surface area contributed by atoms with E-state index < -0.39 is 29.7 Å². The first-order valence-corrected chi connectivity index (χ1v) is 21.3. The molecule has 6 aliphatic rings. The Bertz CT molecular complexity index is 2210. The molecule has 5 aliphatic heterocycles. The number of rotatable bonds is 8. The van der Waals surface area contributed by atoms with Gasteiger partial charge in [-0.05, 0) is 105 Å². The van der Waals surface area contributed by atoms with Gasteiger partial charge in [-0.25, -0.2) is 0 Å². The topological polar surface area (TPSA) is 147 Å². The van der Waals surface area contributed by atoms with Gasteiger partial charge in [0, 0.05) is 93.7 Å². The predicted octanol–water partition coefficient (Wildman–Crippen LogP) is 5.12. The lowest BCUT2D eigenvalue weighted by atomic mass is 9.67. The normalized spacial score (nSPS) is 22.6. The molecule has 1 spiro atoms. The maximum Gasteiger partial charge on any atom is 0.262 e. The third kappa shape index (κ3) is 7.76. The van der Waals surface area contributed by atoms with E-state index in [0.29, 0.717) is 46.1 Å². The van der Waals surface area contributed by atoms with Gasteiger partial charge >= 0.3 is 0 Å². The first-order chi connectivity index (χ1) is 28.6. The summed E-state index contributed by atoms with van der Waals surface area (Å²) in [6, 6.07) is 19.8. The van der Waals surface area contributed by atoms with Gasteiger partial charge in [-0.1, -0.05) is 11.6 Å². The quantitative estimate of drug-likeness (QED) is 0.304. The van der Waals surface area contributed by atoms with E-state index in [1.54, 1.807) is 24.3 Å². The molecule has 1 N–H and O–H groups in total. The van der Waals surface area contributed by atoms with Crippen LogP contribution in [0.3, 0.4) is 0 Å². The van der Waals surface area contributed by atoms with Gasteiger partial charge in [-0.2, -0.15) is 5.26 Å². The summed E-state index contributed by atoms with van der Waals surface area (Å²) in [5.41, 5.74) is 4.14. The second-order valence-electron chi connectivity index (χ2n) is 17.2. The minimum absolute atomic E-state index is 0.0845. The summed E-state index contributed by atoms with van der Waals surface area (Å²) in [6.45, 7) is 7.78. The standard InChI is InChI=1S/C45H48ClN7O6/c46-38-24-35(7-3-31(38)25-47)59-34-11-15-45(16-12-34)27-52(28-45)32-4-1-30(2-5-32)42(56)51-21-19-49(20-22-51)26-29-13-17-50(18-14-29)33-6-8-36-37(23-33)44(58)53(43(36)57)39-9-10-40(54)48-41(39)55/h1-8,23-24,29,34,39H,9-22,26-28H2,(H,48,54,55). The Morgan fingerprint density at radius 2 is 1.49 bits per heavy atom. The van der Waals surface area contributed by atoms with Crippen molar-refractivity contribution in [3.05, 3.63) is 87.9 Å². The zero-order valence-corrected chi connectivity index (χ0v) is 33.8. The van der Waals surface area contributed by atoms with Crippen LogP contribution in [0, 0.1) is 22.7 Å². The number of carbonyl (C=O) groups is 5. The van der Waals surface area contributed by atoms with Crippen molar-refractivity contribution >= 4 is 52.5 Å². The summed E-state index contributed by atoms with van der Waals surface area (Å²) in [5, 5.41) is 11.8. The Kier molecular flexibility index (Phi) is 10.6. The first kappa shape index (κ1) is 39.0. The van der Waals surface area contributed by atoms with Crippen LogP contribution in [0.5, 0.6) is 5.75 Å². The van der Waals surface area contributed by atoms with Crippen LogP contribution in [0.4, 0.5) is 11.4 Å². The van der Waals surface area contributed by atoms with Gasteiger partial charge in [0.05, 0.1) is 27.8 Å². The average molecular weight is 818 g/mol. The molecule has 5 amide bonds. The van der Waals surface area contributed by atoms with Crippen LogP contribution in [0.1, 0.15) is 88.0 Å². The fraction of sp³-hybridized carbons (Fsp3) is 0.467. The van der Waals surface area contributed by atoms with Gasteiger partial charge in [-0.15, -0.1) is 0 Å². The zero-order valence-electron chi connectivity index (χ0n) is 33.0. The van der Waals surface area contributed by atoms with Gasteiger partial charge in [0.2, 0.25) is 11.8 Å². The molecule has 1 unspecified atom stereocenters. The molecule has 13 nitrogen and oxygen atoms in total. The number of nitrogens with one attached hydrogen (secondary N) is 1. The molecule has 3 aromatic carbocycles. The van der Waals surface area contributed by atoms with Crippen LogP contribution < -0.4 is 19.9 Å². The van der Waals surface area contributed by atoms with Crippen molar-refractivity contribution in [1.29, 1.82) is 5.26 Å². The van der Waals surface area contributed by atoms with Gasteiger partial charge in [0.1, 0.15) is 17.9 Å². The highest BCUT2D eigenvalue weighted by Crippen LogP contribution is 2.46. The molecule has 0 radical (unpaired) electrons. The minimum Gasteiger partial charge on any atom is -0.490 e. The summed E-state index contributed by atoms with van der Waals surface area (Å²) in [5.74, 6) is -0.644. The molecule has 9 rings (SSSR count). The van der Waals surface area contributed by atoms with Crippen molar-refractivity contribution in [2.24, 2.45) is 11.3 Å². The van der Waals surface area contributed by atoms with Crippen LogP contribution in [0.25, 0.3) is 0 Å². The number of benzene rings is 3. The molecule has 3 aromatic rings. The fourth-order valence-corrected chi connectivity index (χ4v) is 10.2. The number of nitrogens with zero attached hydrogens (tertiary/aromatic N) is 6. The Hall–Kier alpha value is -5.45. The number of anilines is 2. The monoisotopic (exact) mass is 817 g/mol. The van der Waals surface area contributed by atoms with E-state index in [0.717, 1.165) is 112 Å². The number of fused-ring (bicyclic) bond motifs is 1. The average Bonchev–Trinajstić information content (AvgIpc) is 3.48. The van der Waals surface area contributed by atoms with Crippen molar-refractivity contribution in [3.8, 4) is 11.8 Å². The number of piperazine rings is 1. The molecule has 5 heterocycles. The number of imide groups is 2. The Balaban J connectivity index is 0.697. The maximum atomic E-state index is 13.5. The summed E-state index contributed by atoms with van der Waals surface area (Å²) in [6.07, 6.45) is 6.59. The fourth-order valence-electron chi connectivity index (χ4n) is 9.96. The summed E-state index contributed by atoms with van der Waals surface area (Å²) in [4.78, 5) is 74.1. The van der Waals surface area contributed by atoms with Crippen LogP contribution >= 0.6 is 11.6 Å². The second kappa shape index (κ2) is 16.0. The molecule has 0 bridgehead atoms. The predicted molar refractivity (Wildman–Crippen MR) is 221 cm³/mol. The van der Waals surface area contributed by atoms with Crippen molar-refractivity contribution in [2.45, 2.75) is 63.5 Å². The van der Waals surface area contributed by atoms with Crippen molar-refractivity contribution in [2.75, 3.05) is 68.7 Å². The molecule has 59 heavy (non-hydrogen) atoms. The molecule has 5 fully saturated rings. The van der Waals surface area contributed by atoms with Gasteiger partial charge in [0.25, 0.3) is 17.7 Å². The number of ether oxygens (including phenoxy) is 1. The molecule has 1 aliphatic carbocycles. The largest absolute Gasteiger partial charge is 0.490 e. The highest BCUT2D eigenvalue weighted by Gasteiger charge is 2.46. The van der Waals surface area contributed by atoms with Crippen molar-refractivity contribution < 1.29 is 28.7 Å². The number of piperidine rings is 2. The number of hydrogen-bond acceptors (Lipinski definition) is 10. The van der Waals surface area contributed by atoms with Gasteiger partial charge < -0.3 is 19.4 Å². The highest BCUT2D eigenvalue weighted by atomic mass is 35.5. The van der Waals surface area contributed by atoms with E-state index >= 15 is 0 Å². The smallest absolute Gasteiger partial charge is 0.262 e. The number of nitriles is 1. The maximum absolute atomic E-state index is 13.5. The van der Waals surface area contributed by atoms with Crippen molar-refractivity contribution in [3.63, 3.8) is 0 Å². The highest BCUT2D eigenvalue weighted by molar-refractivity contribution is 6.31. The molecular formula is C45H48ClN7O6. The van der Waals surface area contributed by atoms with E-state index in [4.69, 9.17) is 21.6 Å². The van der Waals surface area contributed by atoms with Crippen molar-refractivity contribution in [1.82, 2.24) is 20.0 Å². The lowest BCUT2D eigenvalue weighted by Crippen LogP contribution is -2.58. The summed E-state index contributed by atoms with van der Waals surface area (Å²) in [7, 11) is 0. The van der Waals surface area contributed by atoms with Crippen LogP contribution in [-0.2, 0) is 9.59 Å². The lowest BCUT2D eigenvalue weighted by molar-refractivity contribution is -0.136. The van der Waals surface area contributed by atoms with E-state index in [2.05, 4.69) is 38.2 Å². The molecule has 14 heteroatoms. The molecule has 4 saturated heterocycles. The first-order valence-electron chi connectivity index (χ1n) is 20.9. The molecular weight excluding hydrogens is 770 g/mol. The Morgan fingerprint density at radius 1 is 0.797 bits per heavy atom. The second-order valence-corrected chi connectivity index (χ2v) is 17.6. The van der Waals surface area contributed by atoms with E-state index in [9.17, 15) is 24.0 Å². The van der Waals surface area contributed by atoms with E-state index in [1.807, 2.05) is 29.2 Å². The van der Waals surface area contributed by atoms with Gasteiger partial charge in [-0.3, -0.25) is 39.1 Å². The van der Waals surface area contributed by atoms with Crippen LogP contribution in [-0.4, -0.2) is 115 Å². The summed E-state index contributed by atoms with van der Waals surface area (Å²) < 4.78 is 6.21. The summed E-state index contributed by atoms with van der Waals surface area (Å²) >= 11 is 6.20. The van der Waals surface area contributed by atoms with Crippen LogP contribution in [0.15, 0.2) is 60.7 Å². The third-order valence-corrected chi connectivity index (χ3v) is 13.8. The Labute approximate surface area is 348 Å². The molecule has 306 valence electrons. The number of carbonyl (C=O) groups excluding carboxylic acids is 5. The molecule has 1 atom stereocenters. The third-order valence-electron chi connectivity index (χ3n) is 13.5. The zero-order chi connectivity index (χ0) is 40.8. The number of hydrogen-bond donors (Lipinski definition) is 1. The Morgan fingerprint density at radius 3 is 2.17 bits per heavy atom. The van der Waals surface area contributed by atoms with Gasteiger partial charge in [0.15, 0.2) is 0 Å². The van der Waals surface area contributed by atoms with E-state index in [-0.39, 0.29) is 24.9 Å². The number of halogens is 1. The molecule has 0 aromatic heterocycles.